The molecule has 3 nitrogen and oxygen atoms in total. The van der Waals surface area contributed by atoms with E-state index in [1.807, 2.05) is 32.9 Å². The van der Waals surface area contributed by atoms with Crippen molar-refractivity contribution in [2.75, 3.05) is 7.11 Å². The quantitative estimate of drug-likeness (QED) is 0.889. The van der Waals surface area contributed by atoms with Gasteiger partial charge >= 0.3 is 0 Å². The Morgan fingerprint density at radius 3 is 2.74 bits per heavy atom. The maximum atomic E-state index is 12.1. The molecule has 19 heavy (non-hydrogen) atoms. The van der Waals surface area contributed by atoms with Gasteiger partial charge in [0.25, 0.3) is 0 Å². The van der Waals surface area contributed by atoms with Crippen LogP contribution in [0.2, 0.25) is 0 Å². The van der Waals surface area contributed by atoms with Crippen LogP contribution >= 0.6 is 0 Å². The minimum atomic E-state index is -0.332. The molecular formula is C16H23NO2. The summed E-state index contributed by atoms with van der Waals surface area (Å²) >= 11 is 0. The molecule has 0 heterocycles. The maximum Gasteiger partial charge on any atom is 0.225 e. The number of aryl methyl sites for hydroxylation is 1. The Morgan fingerprint density at radius 2 is 2.11 bits per heavy atom. The van der Waals surface area contributed by atoms with Crippen LogP contribution in [0, 0.1) is 5.41 Å². The van der Waals surface area contributed by atoms with Gasteiger partial charge in [0.2, 0.25) is 5.91 Å². The smallest absolute Gasteiger partial charge is 0.225 e. The van der Waals surface area contributed by atoms with Crippen molar-refractivity contribution in [3.8, 4) is 5.75 Å². The number of methoxy groups -OCH3 is 1. The molecule has 1 aliphatic rings. The molecule has 1 amide bonds. The molecule has 0 aliphatic heterocycles. The normalized spacial score (nSPS) is 18.6. The summed E-state index contributed by atoms with van der Waals surface area (Å²) in [6, 6.07) is 6.40. The first-order chi connectivity index (χ1) is 8.91. The second-order valence-electron chi connectivity index (χ2n) is 6.26. The van der Waals surface area contributed by atoms with Gasteiger partial charge in [-0.1, -0.05) is 32.9 Å². The van der Waals surface area contributed by atoms with E-state index in [2.05, 4.69) is 11.4 Å². The van der Waals surface area contributed by atoms with Gasteiger partial charge in [0.05, 0.1) is 7.11 Å². The van der Waals surface area contributed by atoms with E-state index in [1.165, 1.54) is 11.1 Å². The van der Waals surface area contributed by atoms with Gasteiger partial charge in [-0.2, -0.15) is 0 Å². The van der Waals surface area contributed by atoms with Crippen LogP contribution in [-0.4, -0.2) is 19.1 Å². The van der Waals surface area contributed by atoms with Gasteiger partial charge < -0.3 is 10.1 Å². The minimum Gasteiger partial charge on any atom is -0.496 e. The molecule has 1 aromatic carbocycles. The monoisotopic (exact) mass is 261 g/mol. The first kappa shape index (κ1) is 13.9. The lowest BCUT2D eigenvalue weighted by molar-refractivity contribution is -0.129. The highest BCUT2D eigenvalue weighted by Gasteiger charge is 2.27. The third-order valence-electron chi connectivity index (χ3n) is 3.68. The van der Waals surface area contributed by atoms with Gasteiger partial charge in [0.1, 0.15) is 5.75 Å². The summed E-state index contributed by atoms with van der Waals surface area (Å²) < 4.78 is 5.42. The molecule has 2 rings (SSSR count). The maximum absolute atomic E-state index is 12.1. The summed E-state index contributed by atoms with van der Waals surface area (Å²) in [4.78, 5) is 12.1. The molecule has 1 atom stereocenters. The summed E-state index contributed by atoms with van der Waals surface area (Å²) in [7, 11) is 1.70. The van der Waals surface area contributed by atoms with Gasteiger partial charge in [-0.3, -0.25) is 4.79 Å². The van der Waals surface area contributed by atoms with E-state index < -0.39 is 0 Å². The number of carbonyl (C=O) groups is 1. The molecule has 0 spiro atoms. The number of nitrogens with one attached hydrogen (secondary N) is 1. The fourth-order valence-electron chi connectivity index (χ4n) is 2.47. The van der Waals surface area contributed by atoms with E-state index in [1.54, 1.807) is 7.11 Å². The predicted molar refractivity (Wildman–Crippen MR) is 76.4 cm³/mol. The van der Waals surface area contributed by atoms with Crippen LogP contribution in [0.1, 0.15) is 38.3 Å². The third-order valence-corrected chi connectivity index (χ3v) is 3.68. The Hall–Kier alpha value is -1.51. The lowest BCUT2D eigenvalue weighted by Gasteiger charge is -2.29. The van der Waals surface area contributed by atoms with Gasteiger partial charge in [-0.15, -0.1) is 0 Å². The zero-order chi connectivity index (χ0) is 14.0. The third kappa shape index (κ3) is 3.09. The molecule has 0 saturated heterocycles. The highest BCUT2D eigenvalue weighted by atomic mass is 16.5. The molecule has 0 radical (unpaired) electrons. The van der Waals surface area contributed by atoms with Crippen LogP contribution < -0.4 is 10.1 Å². The SMILES string of the molecule is COc1cccc2c1CC(NC(=O)C(C)(C)C)CC2. The van der Waals surface area contributed by atoms with Crippen molar-refractivity contribution in [2.45, 2.75) is 46.1 Å². The fraction of sp³-hybridized carbons (Fsp3) is 0.562. The number of benzene rings is 1. The lowest BCUT2D eigenvalue weighted by atomic mass is 9.86. The van der Waals surface area contributed by atoms with Crippen molar-refractivity contribution in [3.63, 3.8) is 0 Å². The number of fused-ring (bicyclic) bond motifs is 1. The zero-order valence-electron chi connectivity index (χ0n) is 12.2. The van der Waals surface area contributed by atoms with Crippen LogP contribution in [0.25, 0.3) is 0 Å². The van der Waals surface area contributed by atoms with E-state index in [9.17, 15) is 4.79 Å². The molecule has 104 valence electrons. The van der Waals surface area contributed by atoms with Crippen LogP contribution in [0.3, 0.4) is 0 Å². The van der Waals surface area contributed by atoms with E-state index in [4.69, 9.17) is 4.74 Å². The standard InChI is InChI=1S/C16H23NO2/c1-16(2,3)15(18)17-12-9-8-11-6-5-7-14(19-4)13(11)10-12/h5-7,12H,8-10H2,1-4H3,(H,17,18). The number of rotatable bonds is 2. The fourth-order valence-corrected chi connectivity index (χ4v) is 2.47. The van der Waals surface area contributed by atoms with Crippen LogP contribution in [-0.2, 0) is 17.6 Å². The molecule has 0 bridgehead atoms. The lowest BCUT2D eigenvalue weighted by Crippen LogP contribution is -2.44. The first-order valence-electron chi connectivity index (χ1n) is 6.87. The molecule has 1 unspecified atom stereocenters. The Balaban J connectivity index is 2.12. The highest BCUT2D eigenvalue weighted by molar-refractivity contribution is 5.81. The largest absolute Gasteiger partial charge is 0.496 e. The number of hydrogen-bond acceptors (Lipinski definition) is 2. The Morgan fingerprint density at radius 1 is 1.37 bits per heavy atom. The molecular weight excluding hydrogens is 238 g/mol. The van der Waals surface area contributed by atoms with E-state index >= 15 is 0 Å². The van der Waals surface area contributed by atoms with E-state index in [-0.39, 0.29) is 17.4 Å². The van der Waals surface area contributed by atoms with Crippen molar-refractivity contribution >= 4 is 5.91 Å². The second-order valence-corrected chi connectivity index (χ2v) is 6.26. The predicted octanol–water partition coefficient (Wildman–Crippen LogP) is 2.71. The molecule has 0 aromatic heterocycles. The van der Waals surface area contributed by atoms with Crippen molar-refractivity contribution in [3.05, 3.63) is 29.3 Å². The molecule has 3 heteroatoms. The Kier molecular flexibility index (Phi) is 3.83. The Bertz CT molecular complexity index is 460. The zero-order valence-corrected chi connectivity index (χ0v) is 12.2. The number of ether oxygens (including phenoxy) is 1. The number of carbonyl (C=O) groups excluding carboxylic acids is 1. The van der Waals surface area contributed by atoms with Crippen molar-refractivity contribution in [1.82, 2.24) is 5.32 Å². The van der Waals surface area contributed by atoms with Crippen molar-refractivity contribution < 1.29 is 9.53 Å². The summed E-state index contributed by atoms with van der Waals surface area (Å²) in [5, 5.41) is 3.16. The van der Waals surface area contributed by atoms with Crippen LogP contribution in [0.15, 0.2) is 18.2 Å². The highest BCUT2D eigenvalue weighted by Crippen LogP contribution is 2.29. The molecule has 1 aliphatic carbocycles. The number of amides is 1. The second kappa shape index (κ2) is 5.24. The van der Waals surface area contributed by atoms with Crippen molar-refractivity contribution in [2.24, 2.45) is 5.41 Å². The number of hydrogen-bond donors (Lipinski definition) is 1. The summed E-state index contributed by atoms with van der Waals surface area (Å²) in [5.41, 5.74) is 2.26. The van der Waals surface area contributed by atoms with Gasteiger partial charge in [0, 0.05) is 11.5 Å². The first-order valence-corrected chi connectivity index (χ1v) is 6.87. The van der Waals surface area contributed by atoms with Gasteiger partial charge in [0.15, 0.2) is 0 Å². The summed E-state index contributed by atoms with van der Waals surface area (Å²) in [6.07, 6.45) is 2.87. The van der Waals surface area contributed by atoms with Crippen LogP contribution in [0.4, 0.5) is 0 Å². The Labute approximate surface area is 115 Å². The van der Waals surface area contributed by atoms with Gasteiger partial charge in [-0.05, 0) is 36.5 Å². The van der Waals surface area contributed by atoms with Crippen molar-refractivity contribution in [1.29, 1.82) is 0 Å². The molecule has 1 N–H and O–H groups in total. The molecule has 1 aromatic rings. The molecule has 0 saturated carbocycles. The average Bonchev–Trinajstić information content (AvgIpc) is 2.36. The van der Waals surface area contributed by atoms with Gasteiger partial charge in [-0.25, -0.2) is 0 Å². The van der Waals surface area contributed by atoms with E-state index in [0.29, 0.717) is 0 Å². The average molecular weight is 261 g/mol. The van der Waals surface area contributed by atoms with Crippen LogP contribution in [0.5, 0.6) is 5.75 Å². The molecule has 0 fully saturated rings. The minimum absolute atomic E-state index is 0.121. The van der Waals surface area contributed by atoms with E-state index in [0.717, 1.165) is 25.0 Å². The summed E-state index contributed by atoms with van der Waals surface area (Å²) in [6.45, 7) is 5.83. The topological polar surface area (TPSA) is 38.3 Å². The summed E-state index contributed by atoms with van der Waals surface area (Å²) in [5.74, 6) is 1.06.